The van der Waals surface area contributed by atoms with Crippen LogP contribution in [-0.4, -0.2) is 15.9 Å². The summed E-state index contributed by atoms with van der Waals surface area (Å²) in [5, 5.41) is 12.2. The van der Waals surface area contributed by atoms with Crippen LogP contribution in [0.2, 0.25) is 0 Å². The van der Waals surface area contributed by atoms with Crippen LogP contribution in [0.5, 0.6) is 5.95 Å². The summed E-state index contributed by atoms with van der Waals surface area (Å²) in [6.07, 6.45) is 0. The van der Waals surface area contributed by atoms with Crippen molar-refractivity contribution in [3.63, 3.8) is 0 Å². The molecule has 4 heteroatoms. The number of benzene rings is 3. The van der Waals surface area contributed by atoms with Crippen LogP contribution in [0, 0.1) is 0 Å². The molecule has 2 heterocycles. The summed E-state index contributed by atoms with van der Waals surface area (Å²) in [5.74, 6) is -0.731. The zero-order chi connectivity index (χ0) is 19.1. The Balaban J connectivity index is 1.86. The molecule has 1 N–H and O–H groups in total. The minimum absolute atomic E-state index is 0.0872. The van der Waals surface area contributed by atoms with E-state index in [1.165, 1.54) is 0 Å². The van der Waals surface area contributed by atoms with Crippen LogP contribution in [-0.2, 0) is 0 Å². The lowest BCUT2D eigenvalue weighted by atomic mass is 10.0. The van der Waals surface area contributed by atoms with Gasteiger partial charge < -0.3 is 9.52 Å². The third-order valence-corrected chi connectivity index (χ3v) is 4.83. The molecular formula is C24H15NO3. The first kappa shape index (κ1) is 16.3. The van der Waals surface area contributed by atoms with E-state index in [4.69, 9.17) is 9.40 Å². The highest BCUT2D eigenvalue weighted by Gasteiger charge is 2.25. The molecule has 0 saturated carbocycles. The van der Waals surface area contributed by atoms with E-state index in [1.807, 2.05) is 60.7 Å². The predicted molar refractivity (Wildman–Crippen MR) is 108 cm³/mol. The first-order chi connectivity index (χ1) is 13.7. The molecule has 28 heavy (non-hydrogen) atoms. The minimum Gasteiger partial charge on any atom is -0.480 e. The zero-order valence-electron chi connectivity index (χ0n) is 14.8. The molecule has 134 valence electrons. The number of ketones is 1. The first-order valence-corrected chi connectivity index (χ1v) is 8.93. The second kappa shape index (κ2) is 6.35. The van der Waals surface area contributed by atoms with Gasteiger partial charge in [0.25, 0.3) is 5.95 Å². The Morgan fingerprint density at radius 1 is 0.786 bits per heavy atom. The molecule has 0 spiro atoms. The lowest BCUT2D eigenvalue weighted by Crippen LogP contribution is -2.01. The van der Waals surface area contributed by atoms with E-state index in [1.54, 1.807) is 24.3 Å². The fourth-order valence-electron chi connectivity index (χ4n) is 3.51. The van der Waals surface area contributed by atoms with E-state index in [0.29, 0.717) is 16.7 Å². The monoisotopic (exact) mass is 365 g/mol. The maximum absolute atomic E-state index is 13.1. The summed E-state index contributed by atoms with van der Waals surface area (Å²) < 4.78 is 5.62. The molecule has 0 fully saturated rings. The van der Waals surface area contributed by atoms with E-state index >= 15 is 0 Å². The van der Waals surface area contributed by atoms with Crippen molar-refractivity contribution in [2.75, 3.05) is 0 Å². The molecule has 0 saturated heterocycles. The number of carbonyl (C=O) groups is 1. The second-order valence-corrected chi connectivity index (χ2v) is 6.53. The molecule has 0 aliphatic rings. The summed E-state index contributed by atoms with van der Waals surface area (Å²) in [7, 11) is 0. The minimum atomic E-state index is -0.410. The molecule has 0 aliphatic heterocycles. The van der Waals surface area contributed by atoms with E-state index in [0.717, 1.165) is 22.0 Å². The Labute approximate surface area is 160 Å². The average molecular weight is 365 g/mol. The van der Waals surface area contributed by atoms with Crippen molar-refractivity contribution >= 4 is 27.7 Å². The third-order valence-electron chi connectivity index (χ3n) is 4.83. The highest BCUT2D eigenvalue weighted by Crippen LogP contribution is 2.39. The van der Waals surface area contributed by atoms with Gasteiger partial charge in [0, 0.05) is 21.9 Å². The highest BCUT2D eigenvalue weighted by atomic mass is 16.5. The average Bonchev–Trinajstić information content (AvgIpc) is 3.10. The molecule has 0 atom stereocenters. The molecule has 2 aromatic heterocycles. The molecule has 0 unspecified atom stereocenters. The Bertz CT molecular complexity index is 1320. The molecule has 0 aliphatic carbocycles. The van der Waals surface area contributed by atoms with Crippen molar-refractivity contribution in [1.82, 2.24) is 4.98 Å². The van der Waals surface area contributed by atoms with Gasteiger partial charge in [0.2, 0.25) is 5.78 Å². The van der Waals surface area contributed by atoms with Gasteiger partial charge in [-0.15, -0.1) is 0 Å². The fourth-order valence-corrected chi connectivity index (χ4v) is 3.51. The number of hydrogen-bond acceptors (Lipinski definition) is 4. The number of nitrogens with zero attached hydrogens (tertiary/aromatic N) is 1. The number of carbonyl (C=O) groups excluding carboxylic acids is 1. The highest BCUT2D eigenvalue weighted by molar-refractivity contribution is 6.20. The summed E-state index contributed by atoms with van der Waals surface area (Å²) in [6.45, 7) is 0. The van der Waals surface area contributed by atoms with Crippen LogP contribution in [0.1, 0.15) is 15.9 Å². The number of pyridine rings is 1. The lowest BCUT2D eigenvalue weighted by Gasteiger charge is -2.07. The SMILES string of the molecule is O=C(c1ccccc1)c1c(O)oc2c1nc(-c1ccccc1)c1ccccc12. The van der Waals surface area contributed by atoms with Crippen molar-refractivity contribution in [3.8, 4) is 17.2 Å². The van der Waals surface area contributed by atoms with Gasteiger partial charge in [-0.3, -0.25) is 4.79 Å². The Kier molecular flexibility index (Phi) is 3.69. The maximum Gasteiger partial charge on any atom is 0.296 e. The number of aromatic nitrogens is 1. The number of fused-ring (bicyclic) bond motifs is 3. The molecule has 5 rings (SSSR count). The van der Waals surface area contributed by atoms with Crippen molar-refractivity contribution < 1.29 is 14.3 Å². The van der Waals surface area contributed by atoms with Crippen molar-refractivity contribution in [2.45, 2.75) is 0 Å². The molecule has 3 aromatic carbocycles. The second-order valence-electron chi connectivity index (χ2n) is 6.53. The third kappa shape index (κ3) is 2.47. The largest absolute Gasteiger partial charge is 0.480 e. The normalized spacial score (nSPS) is 11.1. The summed E-state index contributed by atoms with van der Waals surface area (Å²) >= 11 is 0. The summed E-state index contributed by atoms with van der Waals surface area (Å²) in [6, 6.07) is 26.3. The van der Waals surface area contributed by atoms with Crippen LogP contribution in [0.3, 0.4) is 0 Å². The first-order valence-electron chi connectivity index (χ1n) is 8.93. The molecular weight excluding hydrogens is 350 g/mol. The van der Waals surface area contributed by atoms with E-state index in [-0.39, 0.29) is 11.3 Å². The van der Waals surface area contributed by atoms with Gasteiger partial charge in [-0.1, -0.05) is 84.9 Å². The van der Waals surface area contributed by atoms with Gasteiger partial charge in [0.15, 0.2) is 5.58 Å². The molecule has 5 aromatic rings. The zero-order valence-corrected chi connectivity index (χ0v) is 14.8. The predicted octanol–water partition coefficient (Wildman–Crippen LogP) is 5.58. The topological polar surface area (TPSA) is 63.3 Å². The van der Waals surface area contributed by atoms with Crippen molar-refractivity contribution in [2.24, 2.45) is 0 Å². The Morgan fingerprint density at radius 3 is 2.11 bits per heavy atom. The summed E-state index contributed by atoms with van der Waals surface area (Å²) in [4.78, 5) is 17.8. The van der Waals surface area contributed by atoms with Crippen LogP contribution in [0.25, 0.3) is 33.1 Å². The van der Waals surface area contributed by atoms with Crippen molar-refractivity contribution in [1.29, 1.82) is 0 Å². The number of rotatable bonds is 3. The molecule has 0 bridgehead atoms. The Morgan fingerprint density at radius 2 is 1.39 bits per heavy atom. The van der Waals surface area contributed by atoms with Gasteiger partial charge in [0.1, 0.15) is 11.1 Å². The van der Waals surface area contributed by atoms with Gasteiger partial charge in [-0.2, -0.15) is 0 Å². The van der Waals surface area contributed by atoms with E-state index in [9.17, 15) is 9.90 Å². The van der Waals surface area contributed by atoms with Gasteiger partial charge in [0.05, 0.1) is 5.69 Å². The van der Waals surface area contributed by atoms with Gasteiger partial charge in [-0.25, -0.2) is 4.98 Å². The molecule has 0 amide bonds. The van der Waals surface area contributed by atoms with Crippen molar-refractivity contribution in [3.05, 3.63) is 96.1 Å². The number of aromatic hydroxyl groups is 1. The van der Waals surface area contributed by atoms with Crippen LogP contribution >= 0.6 is 0 Å². The van der Waals surface area contributed by atoms with E-state index in [2.05, 4.69) is 0 Å². The van der Waals surface area contributed by atoms with Gasteiger partial charge in [-0.05, 0) is 0 Å². The quantitative estimate of drug-likeness (QED) is 0.424. The molecule has 4 nitrogen and oxygen atoms in total. The van der Waals surface area contributed by atoms with Crippen LogP contribution in [0.4, 0.5) is 0 Å². The van der Waals surface area contributed by atoms with E-state index < -0.39 is 5.95 Å². The standard InChI is InChI=1S/C24H15NO3/c26-22(16-11-5-2-6-12-16)19-21-23(28-24(19)27)18-14-8-7-13-17(18)20(25-21)15-9-3-1-4-10-15/h1-14,27H. The Hall–Kier alpha value is -3.92. The number of hydrogen-bond donors (Lipinski definition) is 1. The number of furan rings is 1. The fraction of sp³-hybridized carbons (Fsp3) is 0. The van der Waals surface area contributed by atoms with Crippen LogP contribution in [0.15, 0.2) is 89.3 Å². The lowest BCUT2D eigenvalue weighted by molar-refractivity contribution is 0.103. The summed E-state index contributed by atoms with van der Waals surface area (Å²) in [5.41, 5.74) is 3.00. The molecule has 0 radical (unpaired) electrons. The van der Waals surface area contributed by atoms with Crippen LogP contribution < -0.4 is 0 Å². The smallest absolute Gasteiger partial charge is 0.296 e. The maximum atomic E-state index is 13.1. The van der Waals surface area contributed by atoms with Gasteiger partial charge >= 0.3 is 0 Å².